The molecule has 0 unspecified atom stereocenters. The molecule has 2 aliphatic rings. The zero-order valence-corrected chi connectivity index (χ0v) is 14.7. The second-order valence-corrected chi connectivity index (χ2v) is 7.75. The highest BCUT2D eigenvalue weighted by Crippen LogP contribution is 2.41. The summed E-state index contributed by atoms with van der Waals surface area (Å²) < 4.78 is 30.7. The maximum Gasteiger partial charge on any atom is 0.376 e. The van der Waals surface area contributed by atoms with Gasteiger partial charge in [0.2, 0.25) is 0 Å². The summed E-state index contributed by atoms with van der Waals surface area (Å²) in [4.78, 5) is 11.3. The van der Waals surface area contributed by atoms with E-state index in [1.54, 1.807) is 0 Å². The van der Waals surface area contributed by atoms with Gasteiger partial charge in [-0.15, -0.1) is 0 Å². The molecule has 134 valence electrons. The van der Waals surface area contributed by atoms with Crippen molar-refractivity contribution in [2.75, 3.05) is 0 Å². The molecule has 2 rings (SSSR count). The van der Waals surface area contributed by atoms with Gasteiger partial charge in [0, 0.05) is 6.92 Å². The number of alkyl halides is 2. The number of unbranched alkanes of at least 4 members (excludes halogenated alkanes) is 1. The molecule has 0 bridgehead atoms. The van der Waals surface area contributed by atoms with Crippen LogP contribution in [0.25, 0.3) is 0 Å². The first-order valence-corrected chi connectivity index (χ1v) is 9.49. The van der Waals surface area contributed by atoms with Crippen molar-refractivity contribution in [3.8, 4) is 0 Å². The second kappa shape index (κ2) is 8.43. The standard InChI is InChI=1S/C19H32F2O2/c1-3-4-5-14-6-8-15(9-7-14)16-10-12-17(13-11-16)23-18(22)19(2,20)21/h14-17H,3-13H2,1-2H3. The third kappa shape index (κ3) is 5.72. The minimum absolute atomic E-state index is 0.300. The average molecular weight is 330 g/mol. The molecule has 0 atom stereocenters. The van der Waals surface area contributed by atoms with Gasteiger partial charge in [-0.05, 0) is 56.3 Å². The molecule has 0 aromatic heterocycles. The molecule has 0 radical (unpaired) electrons. The average Bonchev–Trinajstić information content (AvgIpc) is 2.53. The van der Waals surface area contributed by atoms with Crippen molar-refractivity contribution < 1.29 is 18.3 Å². The Morgan fingerprint density at radius 3 is 2.00 bits per heavy atom. The summed E-state index contributed by atoms with van der Waals surface area (Å²) in [5.74, 6) is -2.29. The third-order valence-corrected chi connectivity index (χ3v) is 5.88. The molecular formula is C19H32F2O2. The van der Waals surface area contributed by atoms with Crippen LogP contribution in [0.4, 0.5) is 8.78 Å². The topological polar surface area (TPSA) is 26.3 Å². The molecule has 4 heteroatoms. The SMILES string of the molecule is CCCCC1CCC(C2CCC(OC(=O)C(C)(F)F)CC2)CC1. The molecule has 2 saturated carbocycles. The number of carbonyl (C=O) groups excluding carboxylic acids is 1. The monoisotopic (exact) mass is 330 g/mol. The van der Waals surface area contributed by atoms with Crippen LogP contribution in [0.2, 0.25) is 0 Å². The molecule has 0 amide bonds. The van der Waals surface area contributed by atoms with Crippen LogP contribution in [0.15, 0.2) is 0 Å². The molecule has 2 fully saturated rings. The van der Waals surface area contributed by atoms with E-state index in [4.69, 9.17) is 4.74 Å². The van der Waals surface area contributed by atoms with E-state index < -0.39 is 11.9 Å². The predicted molar refractivity (Wildman–Crippen MR) is 87.4 cm³/mol. The number of ether oxygens (including phenoxy) is 1. The molecule has 0 saturated heterocycles. The minimum atomic E-state index is -3.37. The first-order valence-electron chi connectivity index (χ1n) is 9.49. The minimum Gasteiger partial charge on any atom is -0.458 e. The highest BCUT2D eigenvalue weighted by Gasteiger charge is 2.38. The number of carbonyl (C=O) groups is 1. The van der Waals surface area contributed by atoms with Crippen LogP contribution in [0.3, 0.4) is 0 Å². The third-order valence-electron chi connectivity index (χ3n) is 5.88. The van der Waals surface area contributed by atoms with Crippen LogP contribution in [-0.2, 0) is 9.53 Å². The molecule has 0 aliphatic heterocycles. The van der Waals surface area contributed by atoms with Crippen LogP contribution in [0.1, 0.15) is 84.5 Å². The highest BCUT2D eigenvalue weighted by atomic mass is 19.3. The summed E-state index contributed by atoms with van der Waals surface area (Å²) >= 11 is 0. The Balaban J connectivity index is 1.68. The van der Waals surface area contributed by atoms with Crippen LogP contribution in [-0.4, -0.2) is 18.0 Å². The van der Waals surface area contributed by atoms with Crippen LogP contribution < -0.4 is 0 Å². The molecule has 2 aliphatic carbocycles. The fraction of sp³-hybridized carbons (Fsp3) is 0.947. The Morgan fingerprint density at radius 1 is 1.00 bits per heavy atom. The maximum absolute atomic E-state index is 12.9. The molecule has 0 aromatic rings. The van der Waals surface area contributed by atoms with Gasteiger partial charge in [0.1, 0.15) is 6.10 Å². The van der Waals surface area contributed by atoms with Gasteiger partial charge in [-0.1, -0.05) is 39.0 Å². The number of halogens is 2. The van der Waals surface area contributed by atoms with E-state index in [-0.39, 0.29) is 6.10 Å². The Hall–Kier alpha value is -0.670. The molecule has 23 heavy (non-hydrogen) atoms. The van der Waals surface area contributed by atoms with Crippen molar-refractivity contribution in [2.45, 2.75) is 96.5 Å². The Morgan fingerprint density at radius 2 is 1.52 bits per heavy atom. The maximum atomic E-state index is 12.9. The van der Waals surface area contributed by atoms with Crippen molar-refractivity contribution in [3.63, 3.8) is 0 Å². The van der Waals surface area contributed by atoms with Gasteiger partial charge in [-0.25, -0.2) is 4.79 Å². The number of esters is 1. The Kier molecular flexibility index (Phi) is 6.84. The zero-order valence-electron chi connectivity index (χ0n) is 14.7. The lowest BCUT2D eigenvalue weighted by molar-refractivity contribution is -0.177. The van der Waals surface area contributed by atoms with E-state index in [1.165, 1.54) is 44.9 Å². The number of hydrogen-bond donors (Lipinski definition) is 0. The van der Waals surface area contributed by atoms with Gasteiger partial charge in [-0.2, -0.15) is 8.78 Å². The van der Waals surface area contributed by atoms with Crippen molar-refractivity contribution in [2.24, 2.45) is 17.8 Å². The van der Waals surface area contributed by atoms with Crippen LogP contribution in [0.5, 0.6) is 0 Å². The lowest BCUT2D eigenvalue weighted by atomic mass is 9.70. The van der Waals surface area contributed by atoms with Gasteiger partial charge >= 0.3 is 11.9 Å². The summed E-state index contributed by atoms with van der Waals surface area (Å²) in [6, 6.07) is 0. The summed E-state index contributed by atoms with van der Waals surface area (Å²) in [5, 5.41) is 0. The van der Waals surface area contributed by atoms with E-state index in [0.717, 1.165) is 37.5 Å². The molecule has 0 N–H and O–H groups in total. The first-order chi connectivity index (χ1) is 10.9. The fourth-order valence-corrected chi connectivity index (χ4v) is 4.37. The predicted octanol–water partition coefficient (Wildman–Crippen LogP) is 5.74. The van der Waals surface area contributed by atoms with Crippen molar-refractivity contribution in [1.29, 1.82) is 0 Å². The highest BCUT2D eigenvalue weighted by molar-refractivity contribution is 5.77. The molecule has 2 nitrogen and oxygen atoms in total. The van der Waals surface area contributed by atoms with Gasteiger partial charge < -0.3 is 4.74 Å². The van der Waals surface area contributed by atoms with Crippen molar-refractivity contribution in [1.82, 2.24) is 0 Å². The van der Waals surface area contributed by atoms with Gasteiger partial charge in [0.05, 0.1) is 0 Å². The van der Waals surface area contributed by atoms with E-state index in [1.807, 2.05) is 0 Å². The fourth-order valence-electron chi connectivity index (χ4n) is 4.37. The van der Waals surface area contributed by atoms with E-state index >= 15 is 0 Å². The normalized spacial score (nSPS) is 32.5. The zero-order chi connectivity index (χ0) is 16.9. The molecule has 0 aromatic carbocycles. The summed E-state index contributed by atoms with van der Waals surface area (Å²) in [6.45, 7) is 2.86. The molecular weight excluding hydrogens is 298 g/mol. The summed E-state index contributed by atoms with van der Waals surface area (Å²) in [5.41, 5.74) is 0. The van der Waals surface area contributed by atoms with Crippen molar-refractivity contribution in [3.05, 3.63) is 0 Å². The first kappa shape index (κ1) is 18.7. The second-order valence-electron chi connectivity index (χ2n) is 7.75. The van der Waals surface area contributed by atoms with Gasteiger partial charge in [0.15, 0.2) is 0 Å². The number of rotatable bonds is 6. The van der Waals surface area contributed by atoms with Gasteiger partial charge in [-0.3, -0.25) is 0 Å². The molecule has 0 heterocycles. The Bertz CT molecular complexity index is 362. The van der Waals surface area contributed by atoms with Crippen molar-refractivity contribution >= 4 is 5.97 Å². The van der Waals surface area contributed by atoms with Gasteiger partial charge in [0.25, 0.3) is 0 Å². The van der Waals surface area contributed by atoms with E-state index in [9.17, 15) is 13.6 Å². The molecule has 0 spiro atoms. The smallest absolute Gasteiger partial charge is 0.376 e. The van der Waals surface area contributed by atoms with E-state index in [0.29, 0.717) is 12.8 Å². The lowest BCUT2D eigenvalue weighted by Gasteiger charge is -2.37. The summed E-state index contributed by atoms with van der Waals surface area (Å²) in [6.07, 6.45) is 12.7. The summed E-state index contributed by atoms with van der Waals surface area (Å²) in [7, 11) is 0. The Labute approximate surface area is 139 Å². The largest absolute Gasteiger partial charge is 0.458 e. The number of hydrogen-bond acceptors (Lipinski definition) is 2. The van der Waals surface area contributed by atoms with E-state index in [2.05, 4.69) is 6.92 Å². The quantitative estimate of drug-likeness (QED) is 0.580. The van der Waals surface area contributed by atoms with Crippen LogP contribution >= 0.6 is 0 Å². The van der Waals surface area contributed by atoms with Crippen LogP contribution in [0, 0.1) is 17.8 Å². The lowest BCUT2D eigenvalue weighted by Crippen LogP contribution is -2.34.